The Morgan fingerprint density at radius 1 is 1.10 bits per heavy atom. The van der Waals surface area contributed by atoms with Crippen LogP contribution in [0.15, 0.2) is 67.0 Å². The van der Waals surface area contributed by atoms with Gasteiger partial charge >= 0.3 is 6.18 Å². The van der Waals surface area contributed by atoms with Crippen molar-refractivity contribution in [2.24, 2.45) is 0 Å². The number of halogens is 3. The third-order valence-electron chi connectivity index (χ3n) is 6.68. The summed E-state index contributed by atoms with van der Waals surface area (Å²) >= 11 is 0. The summed E-state index contributed by atoms with van der Waals surface area (Å²) in [6.45, 7) is 2.56. The molecule has 0 spiro atoms. The molecule has 41 heavy (non-hydrogen) atoms. The Morgan fingerprint density at radius 3 is 2.56 bits per heavy atom. The third-order valence-corrected chi connectivity index (χ3v) is 6.68. The van der Waals surface area contributed by atoms with E-state index < -0.39 is 11.7 Å². The van der Waals surface area contributed by atoms with Crippen molar-refractivity contribution >= 4 is 23.2 Å². The average Bonchev–Trinajstić information content (AvgIpc) is 3.55. The zero-order valence-corrected chi connectivity index (χ0v) is 22.8. The molecule has 9 nitrogen and oxygen atoms in total. The van der Waals surface area contributed by atoms with Gasteiger partial charge in [0.25, 0.3) is 0 Å². The van der Waals surface area contributed by atoms with Crippen molar-refractivity contribution < 1.29 is 18.0 Å². The number of hydrogen-bond acceptors (Lipinski definition) is 6. The van der Waals surface area contributed by atoms with Gasteiger partial charge in [0.15, 0.2) is 5.65 Å². The molecule has 3 aromatic heterocycles. The minimum Gasteiger partial charge on any atom is -0.399 e. The van der Waals surface area contributed by atoms with E-state index >= 15 is 0 Å². The first-order chi connectivity index (χ1) is 19.5. The molecule has 2 aromatic carbocycles. The summed E-state index contributed by atoms with van der Waals surface area (Å²) < 4.78 is 44.2. The smallest absolute Gasteiger partial charge is 0.399 e. The monoisotopic (exact) mass is 562 g/mol. The van der Waals surface area contributed by atoms with Crippen LogP contribution >= 0.6 is 0 Å². The number of fused-ring (bicyclic) bond motifs is 1. The molecule has 0 unspecified atom stereocenters. The second-order valence-corrected chi connectivity index (χ2v) is 10.00. The van der Waals surface area contributed by atoms with E-state index in [9.17, 15) is 18.0 Å². The molecule has 3 heterocycles. The number of nitrogens with zero attached hydrogens (tertiary/aromatic N) is 6. The molecular formula is C29H29F3N8O. The van der Waals surface area contributed by atoms with Gasteiger partial charge in [0.05, 0.1) is 23.1 Å². The Labute approximate surface area is 234 Å². The van der Waals surface area contributed by atoms with Gasteiger partial charge in [-0.3, -0.25) is 10.1 Å². The highest BCUT2D eigenvalue weighted by molar-refractivity contribution is 5.91. The summed E-state index contributed by atoms with van der Waals surface area (Å²) in [6.07, 6.45) is -0.217. The molecule has 0 aliphatic carbocycles. The van der Waals surface area contributed by atoms with Gasteiger partial charge < -0.3 is 10.6 Å². The van der Waals surface area contributed by atoms with Gasteiger partial charge in [-0.25, -0.2) is 9.20 Å². The summed E-state index contributed by atoms with van der Waals surface area (Å²) in [7, 11) is 3.85. The van der Waals surface area contributed by atoms with Crippen molar-refractivity contribution in [3.63, 3.8) is 0 Å². The van der Waals surface area contributed by atoms with E-state index in [1.54, 1.807) is 35.3 Å². The molecular weight excluding hydrogens is 533 g/mol. The average molecular weight is 563 g/mol. The molecule has 0 bridgehead atoms. The fraction of sp³-hybridized carbons (Fsp3) is 0.241. The van der Waals surface area contributed by atoms with Crippen LogP contribution in [0, 0.1) is 6.92 Å². The lowest BCUT2D eigenvalue weighted by Gasteiger charge is -2.16. The van der Waals surface area contributed by atoms with Crippen LogP contribution in [0.4, 0.5) is 24.8 Å². The number of nitrogens with one attached hydrogen (secondary N) is 1. The topological polar surface area (TPSA) is 106 Å². The number of nitrogens with two attached hydrogens (primary N) is 1. The fourth-order valence-electron chi connectivity index (χ4n) is 4.68. The first-order valence-electron chi connectivity index (χ1n) is 12.9. The number of benzene rings is 2. The number of carbonyl (C=O) groups is 1. The minimum atomic E-state index is -4.52. The van der Waals surface area contributed by atoms with Crippen LogP contribution in [0.3, 0.4) is 0 Å². The third kappa shape index (κ3) is 5.92. The normalized spacial score (nSPS) is 11.9. The number of amides is 1. The second-order valence-electron chi connectivity index (χ2n) is 10.00. The number of hydrogen-bond donors (Lipinski definition) is 2. The Kier molecular flexibility index (Phi) is 7.50. The SMILES string of the molecule is Cc1c(-c2ccnn2-c2ccc(N)cc2)cn2nc(NC(=O)CCCN(C)C)nc2c1-c1cccc(C(F)(F)F)c1. The number of pyridine rings is 1. The summed E-state index contributed by atoms with van der Waals surface area (Å²) in [5, 5.41) is 11.7. The van der Waals surface area contributed by atoms with Crippen molar-refractivity contribution in [3.8, 4) is 28.1 Å². The highest BCUT2D eigenvalue weighted by Gasteiger charge is 2.31. The van der Waals surface area contributed by atoms with Crippen LogP contribution in [-0.2, 0) is 11.0 Å². The maximum absolute atomic E-state index is 13.7. The molecule has 12 heteroatoms. The first-order valence-corrected chi connectivity index (χ1v) is 12.9. The number of alkyl halides is 3. The Morgan fingerprint density at radius 2 is 1.85 bits per heavy atom. The first kappa shape index (κ1) is 27.8. The molecule has 0 atom stereocenters. The lowest BCUT2D eigenvalue weighted by atomic mass is 9.95. The lowest BCUT2D eigenvalue weighted by molar-refractivity contribution is -0.137. The number of aromatic nitrogens is 5. The zero-order valence-electron chi connectivity index (χ0n) is 22.8. The van der Waals surface area contributed by atoms with E-state index in [1.165, 1.54) is 10.6 Å². The van der Waals surface area contributed by atoms with E-state index in [4.69, 9.17) is 5.73 Å². The zero-order chi connectivity index (χ0) is 29.3. The van der Waals surface area contributed by atoms with E-state index in [1.807, 2.05) is 44.1 Å². The standard InChI is InChI=1S/C29H29F3N8O/c1-18-23(24-13-14-34-40(24)22-11-9-21(33)10-12-22)17-39-27(26(18)19-6-4-7-20(16-19)29(30,31)32)36-28(37-39)35-25(41)8-5-15-38(2)3/h4,6-7,9-14,16-17H,5,8,15,33H2,1-3H3,(H,35,37,41). The Hall–Kier alpha value is -4.71. The Balaban J connectivity index is 1.65. The molecule has 5 rings (SSSR count). The largest absolute Gasteiger partial charge is 0.416 e. The lowest BCUT2D eigenvalue weighted by Crippen LogP contribution is -2.17. The van der Waals surface area contributed by atoms with E-state index in [-0.39, 0.29) is 18.3 Å². The molecule has 212 valence electrons. The predicted octanol–water partition coefficient (Wildman–Crippen LogP) is 5.44. The summed E-state index contributed by atoms with van der Waals surface area (Å²) in [5.74, 6) is -0.182. The van der Waals surface area contributed by atoms with Crippen LogP contribution in [0.1, 0.15) is 24.0 Å². The second kappa shape index (κ2) is 11.0. The van der Waals surface area contributed by atoms with Crippen molar-refractivity contribution in [1.82, 2.24) is 29.3 Å². The van der Waals surface area contributed by atoms with Crippen LogP contribution in [0.2, 0.25) is 0 Å². The molecule has 0 aliphatic heterocycles. The molecule has 5 aromatic rings. The predicted molar refractivity (Wildman–Crippen MR) is 152 cm³/mol. The molecule has 3 N–H and O–H groups in total. The van der Waals surface area contributed by atoms with Gasteiger partial charge in [0.1, 0.15) is 0 Å². The van der Waals surface area contributed by atoms with Crippen molar-refractivity contribution in [2.75, 3.05) is 31.7 Å². The van der Waals surface area contributed by atoms with Gasteiger partial charge in [-0.05, 0) is 87.6 Å². The highest BCUT2D eigenvalue weighted by Crippen LogP contribution is 2.38. The highest BCUT2D eigenvalue weighted by atomic mass is 19.4. The molecule has 0 saturated carbocycles. The number of nitrogen functional groups attached to an aromatic ring is 1. The maximum Gasteiger partial charge on any atom is 0.416 e. The number of rotatable bonds is 8. The van der Waals surface area contributed by atoms with E-state index in [0.717, 1.165) is 24.4 Å². The summed E-state index contributed by atoms with van der Waals surface area (Å²) in [4.78, 5) is 19.1. The van der Waals surface area contributed by atoms with Gasteiger partial charge in [0, 0.05) is 29.4 Å². The molecule has 0 fully saturated rings. The molecule has 0 aliphatic rings. The van der Waals surface area contributed by atoms with E-state index in [2.05, 4.69) is 20.5 Å². The quantitative estimate of drug-likeness (QED) is 0.244. The van der Waals surface area contributed by atoms with Crippen molar-refractivity contribution in [3.05, 3.63) is 78.1 Å². The van der Waals surface area contributed by atoms with Crippen molar-refractivity contribution in [2.45, 2.75) is 25.9 Å². The Bertz CT molecular complexity index is 1700. The van der Waals surface area contributed by atoms with Crippen molar-refractivity contribution in [1.29, 1.82) is 0 Å². The molecule has 0 radical (unpaired) electrons. The maximum atomic E-state index is 13.7. The van der Waals surface area contributed by atoms with E-state index in [0.29, 0.717) is 45.7 Å². The minimum absolute atomic E-state index is 0.0664. The number of carbonyl (C=O) groups excluding carboxylic acids is 1. The molecule has 0 saturated heterocycles. The van der Waals surface area contributed by atoms with Crippen LogP contribution in [0.25, 0.3) is 33.7 Å². The van der Waals surface area contributed by atoms with Crippen LogP contribution < -0.4 is 11.1 Å². The number of anilines is 2. The fourth-order valence-corrected chi connectivity index (χ4v) is 4.68. The van der Waals surface area contributed by atoms with Gasteiger partial charge in [-0.15, -0.1) is 5.10 Å². The summed E-state index contributed by atoms with van der Waals surface area (Å²) in [5.41, 5.74) is 9.56. The molecule has 1 amide bonds. The summed E-state index contributed by atoms with van der Waals surface area (Å²) in [6, 6.07) is 14.1. The van der Waals surface area contributed by atoms with Crippen LogP contribution in [0.5, 0.6) is 0 Å². The van der Waals surface area contributed by atoms with Gasteiger partial charge in [-0.2, -0.15) is 23.3 Å². The van der Waals surface area contributed by atoms with Gasteiger partial charge in [-0.1, -0.05) is 12.1 Å². The van der Waals surface area contributed by atoms with Gasteiger partial charge in [0.2, 0.25) is 11.9 Å². The van der Waals surface area contributed by atoms with Crippen LogP contribution in [-0.4, -0.2) is 55.8 Å².